The first-order valence-electron chi connectivity index (χ1n) is 12.2. The quantitative estimate of drug-likeness (QED) is 0.183. The van der Waals surface area contributed by atoms with Crippen LogP contribution in [-0.2, 0) is 27.2 Å². The number of hydrogen-bond donors (Lipinski definition) is 2. The van der Waals surface area contributed by atoms with E-state index in [0.29, 0.717) is 24.7 Å². The Kier molecular flexibility index (Phi) is 11.4. The molecule has 2 N–H and O–H groups in total. The molecule has 0 saturated carbocycles. The SMILES string of the molecule is O=C(CCC(=O)OCCCc1ccccc1)NC(=S)Nc1ccccc1OCCCc1ccccc1. The lowest BCUT2D eigenvalue weighted by Crippen LogP contribution is -2.34. The van der Waals surface area contributed by atoms with Gasteiger partial charge in [0, 0.05) is 6.42 Å². The molecular weight excluding hydrogens is 472 g/mol. The van der Waals surface area contributed by atoms with Crippen molar-refractivity contribution in [3.8, 4) is 5.75 Å². The summed E-state index contributed by atoms with van der Waals surface area (Å²) >= 11 is 5.27. The highest BCUT2D eigenvalue weighted by Gasteiger charge is 2.11. The summed E-state index contributed by atoms with van der Waals surface area (Å²) in [6.45, 7) is 0.887. The molecule has 0 spiro atoms. The standard InChI is InChI=1S/C29H32N2O4S/c32-27(19-20-28(33)35-22-10-16-24-13-5-2-6-14-24)31-29(36)30-25-17-7-8-18-26(25)34-21-9-15-23-11-3-1-4-12-23/h1-8,11-14,17-18H,9-10,15-16,19-22H2,(H2,30,31,32,36). The zero-order valence-electron chi connectivity index (χ0n) is 20.3. The Balaban J connectivity index is 1.32. The number of thiocarbonyl (C=S) groups is 1. The van der Waals surface area contributed by atoms with Gasteiger partial charge in [-0.3, -0.25) is 9.59 Å². The van der Waals surface area contributed by atoms with Gasteiger partial charge in [0.2, 0.25) is 5.91 Å². The van der Waals surface area contributed by atoms with Crippen molar-refractivity contribution in [3.63, 3.8) is 0 Å². The molecule has 3 aromatic rings. The van der Waals surface area contributed by atoms with E-state index in [0.717, 1.165) is 25.7 Å². The average molecular weight is 505 g/mol. The number of nitrogens with one attached hydrogen (secondary N) is 2. The molecule has 0 fully saturated rings. The summed E-state index contributed by atoms with van der Waals surface area (Å²) < 4.78 is 11.1. The maximum absolute atomic E-state index is 12.2. The van der Waals surface area contributed by atoms with Gasteiger partial charge in [0.05, 0.1) is 25.3 Å². The van der Waals surface area contributed by atoms with Crippen LogP contribution in [-0.4, -0.2) is 30.2 Å². The summed E-state index contributed by atoms with van der Waals surface area (Å²) in [4.78, 5) is 24.1. The highest BCUT2D eigenvalue weighted by Crippen LogP contribution is 2.24. The number of carbonyl (C=O) groups excluding carboxylic acids is 2. The van der Waals surface area contributed by atoms with Gasteiger partial charge < -0.3 is 20.1 Å². The molecule has 0 atom stereocenters. The molecule has 36 heavy (non-hydrogen) atoms. The fourth-order valence-electron chi connectivity index (χ4n) is 3.54. The molecule has 0 aliphatic heterocycles. The predicted molar refractivity (Wildman–Crippen MR) is 146 cm³/mol. The second-order valence-electron chi connectivity index (χ2n) is 8.25. The summed E-state index contributed by atoms with van der Waals surface area (Å²) in [7, 11) is 0. The Hall–Kier alpha value is -3.71. The molecule has 0 radical (unpaired) electrons. The number of aryl methyl sites for hydroxylation is 2. The van der Waals surface area contributed by atoms with Gasteiger partial charge in [0.25, 0.3) is 0 Å². The van der Waals surface area contributed by atoms with Crippen LogP contribution < -0.4 is 15.4 Å². The molecule has 0 heterocycles. The molecule has 0 aromatic heterocycles. The Labute approximate surface area is 218 Å². The van der Waals surface area contributed by atoms with Gasteiger partial charge in [0.1, 0.15) is 5.75 Å². The van der Waals surface area contributed by atoms with E-state index in [-0.39, 0.29) is 23.9 Å². The zero-order valence-corrected chi connectivity index (χ0v) is 21.1. The molecule has 3 rings (SSSR count). The number of amides is 1. The lowest BCUT2D eigenvalue weighted by atomic mass is 10.1. The van der Waals surface area contributed by atoms with Crippen molar-refractivity contribution in [2.75, 3.05) is 18.5 Å². The minimum Gasteiger partial charge on any atom is -0.491 e. The van der Waals surface area contributed by atoms with Gasteiger partial charge in [-0.15, -0.1) is 0 Å². The van der Waals surface area contributed by atoms with Crippen LogP contribution in [0.1, 0.15) is 36.8 Å². The van der Waals surface area contributed by atoms with E-state index >= 15 is 0 Å². The normalized spacial score (nSPS) is 10.3. The number of para-hydroxylation sites is 2. The summed E-state index contributed by atoms with van der Waals surface area (Å²) in [5.74, 6) is -0.0948. The maximum Gasteiger partial charge on any atom is 0.306 e. The number of esters is 1. The Morgan fingerprint density at radius 1 is 0.722 bits per heavy atom. The Morgan fingerprint density at radius 2 is 1.31 bits per heavy atom. The largest absolute Gasteiger partial charge is 0.491 e. The van der Waals surface area contributed by atoms with Crippen LogP contribution in [0.5, 0.6) is 5.75 Å². The molecule has 0 aliphatic rings. The predicted octanol–water partition coefficient (Wildman–Crippen LogP) is 5.47. The fraction of sp³-hybridized carbons (Fsp3) is 0.276. The van der Waals surface area contributed by atoms with Crippen molar-refractivity contribution in [1.29, 1.82) is 0 Å². The van der Waals surface area contributed by atoms with E-state index in [1.165, 1.54) is 11.1 Å². The van der Waals surface area contributed by atoms with E-state index in [1.54, 1.807) is 0 Å². The third-order valence-corrected chi connectivity index (χ3v) is 5.57. The molecule has 7 heteroatoms. The highest BCUT2D eigenvalue weighted by atomic mass is 32.1. The lowest BCUT2D eigenvalue weighted by molar-refractivity contribution is -0.145. The molecule has 188 valence electrons. The summed E-state index contributed by atoms with van der Waals surface area (Å²) in [5.41, 5.74) is 3.14. The number of benzene rings is 3. The molecule has 0 unspecified atom stereocenters. The van der Waals surface area contributed by atoms with Crippen LogP contribution in [0.3, 0.4) is 0 Å². The first-order valence-corrected chi connectivity index (χ1v) is 12.6. The molecule has 0 saturated heterocycles. The fourth-order valence-corrected chi connectivity index (χ4v) is 3.76. The number of rotatable bonds is 13. The van der Waals surface area contributed by atoms with Crippen LogP contribution in [0.4, 0.5) is 5.69 Å². The number of anilines is 1. The van der Waals surface area contributed by atoms with Gasteiger partial charge in [-0.25, -0.2) is 0 Å². The van der Waals surface area contributed by atoms with E-state index < -0.39 is 5.97 Å². The van der Waals surface area contributed by atoms with Crippen LogP contribution >= 0.6 is 12.2 Å². The van der Waals surface area contributed by atoms with Gasteiger partial charge in [0.15, 0.2) is 5.11 Å². The third-order valence-electron chi connectivity index (χ3n) is 5.37. The first-order chi connectivity index (χ1) is 17.6. The maximum atomic E-state index is 12.2. The number of carbonyl (C=O) groups is 2. The first kappa shape index (κ1) is 26.9. The molecular formula is C29H32N2O4S. The molecule has 3 aromatic carbocycles. The van der Waals surface area contributed by atoms with Crippen molar-refractivity contribution in [3.05, 3.63) is 96.1 Å². The minimum atomic E-state index is -0.397. The van der Waals surface area contributed by atoms with Gasteiger partial charge in [-0.05, 0) is 61.2 Å². The zero-order chi connectivity index (χ0) is 25.4. The second-order valence-corrected chi connectivity index (χ2v) is 8.65. The van der Waals surface area contributed by atoms with E-state index in [9.17, 15) is 9.59 Å². The van der Waals surface area contributed by atoms with E-state index in [1.807, 2.05) is 72.8 Å². The van der Waals surface area contributed by atoms with Crippen molar-refractivity contribution < 1.29 is 19.1 Å². The van der Waals surface area contributed by atoms with E-state index in [2.05, 4.69) is 22.8 Å². The van der Waals surface area contributed by atoms with Crippen molar-refractivity contribution in [2.24, 2.45) is 0 Å². The highest BCUT2D eigenvalue weighted by molar-refractivity contribution is 7.80. The van der Waals surface area contributed by atoms with Crippen molar-refractivity contribution in [1.82, 2.24) is 5.32 Å². The number of ether oxygens (including phenoxy) is 2. The van der Waals surface area contributed by atoms with E-state index in [4.69, 9.17) is 21.7 Å². The topological polar surface area (TPSA) is 76.7 Å². The van der Waals surface area contributed by atoms with Crippen LogP contribution in [0.2, 0.25) is 0 Å². The monoisotopic (exact) mass is 504 g/mol. The molecule has 0 bridgehead atoms. The average Bonchev–Trinajstić information content (AvgIpc) is 2.90. The smallest absolute Gasteiger partial charge is 0.306 e. The van der Waals surface area contributed by atoms with Gasteiger partial charge in [-0.2, -0.15) is 0 Å². The van der Waals surface area contributed by atoms with Gasteiger partial charge in [-0.1, -0.05) is 72.8 Å². The number of hydrogen-bond acceptors (Lipinski definition) is 5. The van der Waals surface area contributed by atoms with Crippen molar-refractivity contribution >= 4 is 34.9 Å². The molecule has 0 aliphatic carbocycles. The van der Waals surface area contributed by atoms with Crippen molar-refractivity contribution in [2.45, 2.75) is 38.5 Å². The Bertz CT molecular complexity index is 1110. The molecule has 1 amide bonds. The Morgan fingerprint density at radius 3 is 1.97 bits per heavy atom. The van der Waals surface area contributed by atoms with Gasteiger partial charge >= 0.3 is 5.97 Å². The summed E-state index contributed by atoms with van der Waals surface area (Å²) in [6.07, 6.45) is 3.39. The van der Waals surface area contributed by atoms with Crippen LogP contribution in [0, 0.1) is 0 Å². The van der Waals surface area contributed by atoms with Crippen LogP contribution in [0.25, 0.3) is 0 Å². The minimum absolute atomic E-state index is 0.000889. The summed E-state index contributed by atoms with van der Waals surface area (Å²) in [5, 5.41) is 5.76. The second kappa shape index (κ2) is 15.3. The van der Waals surface area contributed by atoms with Crippen LogP contribution in [0.15, 0.2) is 84.9 Å². The lowest BCUT2D eigenvalue weighted by Gasteiger charge is -2.14. The third kappa shape index (κ3) is 10.3. The molecule has 6 nitrogen and oxygen atoms in total. The summed E-state index contributed by atoms with van der Waals surface area (Å²) in [6, 6.07) is 27.7.